The van der Waals surface area contributed by atoms with E-state index in [-0.39, 0.29) is 12.5 Å². The number of aromatic nitrogens is 16. The van der Waals surface area contributed by atoms with E-state index >= 15 is 0 Å². The molecule has 0 aromatic carbocycles. The molecule has 4 aliphatic rings. The van der Waals surface area contributed by atoms with Crippen molar-refractivity contribution in [3.05, 3.63) is 61.2 Å². The van der Waals surface area contributed by atoms with Gasteiger partial charge in [0.1, 0.15) is 23.8 Å². The van der Waals surface area contributed by atoms with Gasteiger partial charge in [-0.2, -0.15) is 29.4 Å². The normalized spacial score (nSPS) is 19.7. The van der Waals surface area contributed by atoms with Crippen LogP contribution >= 0.6 is 0 Å². The van der Waals surface area contributed by atoms with Gasteiger partial charge in [-0.1, -0.05) is 0 Å². The number of nitrogens with zero attached hydrogens (tertiary/aromatic N) is 18. The molecule has 0 bridgehead atoms. The lowest BCUT2D eigenvalue weighted by molar-refractivity contribution is -0.0394. The van der Waals surface area contributed by atoms with E-state index in [0.717, 1.165) is 112 Å². The van der Waals surface area contributed by atoms with Gasteiger partial charge in [-0.25, -0.2) is 9.36 Å². The molecule has 22 heteroatoms. The lowest BCUT2D eigenvalue weighted by Crippen LogP contribution is -2.37. The van der Waals surface area contributed by atoms with Crippen LogP contribution in [0.4, 0.5) is 11.6 Å². The van der Waals surface area contributed by atoms with E-state index in [4.69, 9.17) is 39.3 Å². The van der Waals surface area contributed by atoms with Crippen molar-refractivity contribution >= 4 is 22.9 Å². The van der Waals surface area contributed by atoms with E-state index < -0.39 is 0 Å². The van der Waals surface area contributed by atoms with Crippen molar-refractivity contribution in [3.63, 3.8) is 0 Å². The van der Waals surface area contributed by atoms with Crippen molar-refractivity contribution in [2.24, 2.45) is 14.1 Å². The molecule has 64 heavy (non-hydrogen) atoms. The molecule has 0 aliphatic carbocycles. The first kappa shape index (κ1) is 40.2. The summed E-state index contributed by atoms with van der Waals surface area (Å²) < 4.78 is 33.7. The summed E-state index contributed by atoms with van der Waals surface area (Å²) in [6.07, 6.45) is 14.1. The number of fused-ring (bicyclic) bond motifs is 2. The fourth-order valence-electron chi connectivity index (χ4n) is 8.54. The summed E-state index contributed by atoms with van der Waals surface area (Å²) in [5, 5.41) is 46.3. The molecule has 8 aromatic rings. The zero-order valence-electron chi connectivity index (χ0n) is 35.9. The van der Waals surface area contributed by atoms with E-state index in [0.29, 0.717) is 60.8 Å². The zero-order chi connectivity index (χ0) is 43.0. The molecule has 4 fully saturated rings. The molecule has 2 unspecified atom stereocenters. The first-order valence-corrected chi connectivity index (χ1v) is 22.0. The highest BCUT2D eigenvalue weighted by Crippen LogP contribution is 2.32. The zero-order valence-corrected chi connectivity index (χ0v) is 35.9. The van der Waals surface area contributed by atoms with Gasteiger partial charge in [0.2, 0.25) is 11.6 Å². The second-order valence-corrected chi connectivity index (χ2v) is 16.3. The highest BCUT2D eigenvalue weighted by atomic mass is 16.5. The van der Waals surface area contributed by atoms with Gasteiger partial charge in [-0.3, -0.25) is 9.36 Å². The number of hydrogen-bond acceptors (Lipinski definition) is 16. The highest BCUT2D eigenvalue weighted by Gasteiger charge is 2.26. The third kappa shape index (κ3) is 7.97. The molecule has 8 aromatic heterocycles. The maximum absolute atomic E-state index is 5.87. The Kier molecular flexibility index (Phi) is 11.0. The van der Waals surface area contributed by atoms with Crippen LogP contribution in [0.2, 0.25) is 0 Å². The average molecular weight is 871 g/mol. The average Bonchev–Trinajstić information content (AvgIpc) is 4.22. The van der Waals surface area contributed by atoms with Gasteiger partial charge in [0.15, 0.2) is 22.9 Å². The Morgan fingerprint density at radius 1 is 0.469 bits per heavy atom. The molecular formula is C42H50N18O4. The van der Waals surface area contributed by atoms with Crippen molar-refractivity contribution in [2.45, 2.75) is 51.0 Å². The second-order valence-electron chi connectivity index (χ2n) is 16.3. The summed E-state index contributed by atoms with van der Waals surface area (Å²) in [6.45, 7) is 7.39. The molecule has 4 aliphatic heterocycles. The van der Waals surface area contributed by atoms with Crippen LogP contribution in [0, 0.1) is 0 Å². The van der Waals surface area contributed by atoms with Crippen LogP contribution in [0.5, 0.6) is 0 Å². The third-order valence-electron chi connectivity index (χ3n) is 11.9. The van der Waals surface area contributed by atoms with E-state index in [9.17, 15) is 0 Å². The molecule has 0 saturated carbocycles. The standard InChI is InChI=1S/2C21H25N9O2/c2*1-27-7-5-16(24-27)15-14-18(28-9-12-31-13-10-28)26-30-20(15)22-23-21(30)17-6-8-29(25-17)19-4-2-3-11-32-19/h2*5-8,14,19H,2-4,9-13H2,1H3. The van der Waals surface area contributed by atoms with E-state index in [1.54, 1.807) is 18.4 Å². The van der Waals surface area contributed by atoms with Crippen LogP contribution in [-0.2, 0) is 33.0 Å². The minimum Gasteiger partial charge on any atom is -0.378 e. The van der Waals surface area contributed by atoms with Gasteiger partial charge in [0.25, 0.3) is 0 Å². The van der Waals surface area contributed by atoms with Crippen LogP contribution in [0.15, 0.2) is 61.2 Å². The van der Waals surface area contributed by atoms with Gasteiger partial charge in [0, 0.05) is 78.3 Å². The SMILES string of the molecule is Cn1ccc(-c2cc(N3CCOCC3)nn3c(-c4ccn(C5CCCCO5)n4)nnc23)n1.Cn1ccc(-c2cc(N3CCOCC3)nn3c(-c4ccn(C5CCCCO5)n4)nnc23)n1. The van der Waals surface area contributed by atoms with Gasteiger partial charge in [0.05, 0.1) is 48.9 Å². The van der Waals surface area contributed by atoms with E-state index in [2.05, 4.69) is 40.4 Å². The van der Waals surface area contributed by atoms with Crippen LogP contribution < -0.4 is 9.80 Å². The van der Waals surface area contributed by atoms with Crippen molar-refractivity contribution in [1.29, 1.82) is 0 Å². The highest BCUT2D eigenvalue weighted by molar-refractivity contribution is 5.79. The topological polar surface area (TPSA) is 201 Å². The molecule has 0 amide bonds. The largest absolute Gasteiger partial charge is 0.378 e. The Hall–Kier alpha value is -6.62. The Bertz CT molecular complexity index is 2660. The van der Waals surface area contributed by atoms with Crippen LogP contribution in [0.1, 0.15) is 51.0 Å². The molecule has 332 valence electrons. The summed E-state index contributed by atoms with van der Waals surface area (Å²) in [5.41, 5.74) is 6.16. The van der Waals surface area contributed by atoms with Crippen molar-refractivity contribution in [1.82, 2.24) is 78.7 Å². The molecule has 22 nitrogen and oxygen atoms in total. The van der Waals surface area contributed by atoms with Gasteiger partial charge in [-0.15, -0.1) is 30.6 Å². The Morgan fingerprint density at radius 3 is 1.30 bits per heavy atom. The number of rotatable bonds is 8. The summed E-state index contributed by atoms with van der Waals surface area (Å²) >= 11 is 0. The first-order valence-electron chi connectivity index (χ1n) is 22.0. The Balaban J connectivity index is 0.000000143. The smallest absolute Gasteiger partial charge is 0.205 e. The predicted octanol–water partition coefficient (Wildman–Crippen LogP) is 3.85. The number of morpholine rings is 2. The fourth-order valence-corrected chi connectivity index (χ4v) is 8.54. The summed E-state index contributed by atoms with van der Waals surface area (Å²) in [5.74, 6) is 2.89. The molecular weight excluding hydrogens is 821 g/mol. The summed E-state index contributed by atoms with van der Waals surface area (Å²) in [4.78, 5) is 4.43. The quantitative estimate of drug-likeness (QED) is 0.213. The number of hydrogen-bond donors (Lipinski definition) is 0. The third-order valence-corrected chi connectivity index (χ3v) is 11.9. The van der Waals surface area contributed by atoms with Gasteiger partial charge < -0.3 is 28.7 Å². The number of anilines is 2. The molecule has 0 radical (unpaired) electrons. The van der Waals surface area contributed by atoms with Crippen LogP contribution in [0.3, 0.4) is 0 Å². The Labute approximate surface area is 367 Å². The number of aryl methyl sites for hydroxylation is 2. The maximum atomic E-state index is 5.87. The van der Waals surface area contributed by atoms with Crippen molar-refractivity contribution in [3.8, 4) is 45.6 Å². The lowest BCUT2D eigenvalue weighted by Gasteiger charge is -2.27. The first-order chi connectivity index (χ1) is 31.5. The molecule has 12 rings (SSSR count). The van der Waals surface area contributed by atoms with E-state index in [1.807, 2.05) is 84.6 Å². The molecule has 0 spiro atoms. The van der Waals surface area contributed by atoms with Crippen molar-refractivity contribution < 1.29 is 18.9 Å². The molecule has 2 atom stereocenters. The predicted molar refractivity (Wildman–Crippen MR) is 232 cm³/mol. The van der Waals surface area contributed by atoms with E-state index in [1.165, 1.54) is 0 Å². The van der Waals surface area contributed by atoms with Crippen LogP contribution in [-0.4, -0.2) is 145 Å². The van der Waals surface area contributed by atoms with Crippen LogP contribution in [0.25, 0.3) is 56.8 Å². The summed E-state index contributed by atoms with van der Waals surface area (Å²) in [7, 11) is 3.81. The van der Waals surface area contributed by atoms with Gasteiger partial charge >= 0.3 is 0 Å². The fraction of sp³-hybridized carbons (Fsp3) is 0.476. The summed E-state index contributed by atoms with van der Waals surface area (Å²) in [6, 6.07) is 11.9. The lowest BCUT2D eigenvalue weighted by atomic mass is 10.2. The minimum atomic E-state index is -0.0300. The van der Waals surface area contributed by atoms with Gasteiger partial charge in [-0.05, 0) is 74.9 Å². The number of ether oxygens (including phenoxy) is 4. The molecule has 4 saturated heterocycles. The maximum Gasteiger partial charge on any atom is 0.205 e. The second kappa shape index (κ2) is 17.5. The minimum absolute atomic E-state index is 0.0300. The monoisotopic (exact) mass is 870 g/mol. The molecule has 12 heterocycles. The Morgan fingerprint density at radius 2 is 0.906 bits per heavy atom. The van der Waals surface area contributed by atoms with Crippen molar-refractivity contribution in [2.75, 3.05) is 75.6 Å². The molecule has 0 N–H and O–H groups in total.